The molecular weight excluding hydrogens is 278 g/mol. The molecule has 1 fully saturated rings. The predicted molar refractivity (Wildman–Crippen MR) is 75.4 cm³/mol. The lowest BCUT2D eigenvalue weighted by Gasteiger charge is -2.15. The summed E-state index contributed by atoms with van der Waals surface area (Å²) in [6.45, 7) is 1.58. The molecule has 2 heterocycles. The van der Waals surface area contributed by atoms with Gasteiger partial charge in [-0.15, -0.1) is 0 Å². The van der Waals surface area contributed by atoms with E-state index in [0.29, 0.717) is 30.9 Å². The molecule has 0 radical (unpaired) electrons. The van der Waals surface area contributed by atoms with Crippen LogP contribution >= 0.6 is 0 Å². The second-order valence-corrected chi connectivity index (χ2v) is 7.10. The number of benzene rings is 1. The van der Waals surface area contributed by atoms with E-state index in [2.05, 4.69) is 5.16 Å². The summed E-state index contributed by atoms with van der Waals surface area (Å²) >= 11 is 0. The van der Waals surface area contributed by atoms with Crippen molar-refractivity contribution in [3.05, 3.63) is 30.0 Å². The molecule has 1 unspecified atom stereocenters. The highest BCUT2D eigenvalue weighted by atomic mass is 32.2. The van der Waals surface area contributed by atoms with E-state index in [9.17, 15) is 8.42 Å². The Kier molecular flexibility index (Phi) is 3.49. The van der Waals surface area contributed by atoms with Gasteiger partial charge in [-0.05, 0) is 31.0 Å². The topological polar surface area (TPSA) is 89.4 Å². The average molecular weight is 295 g/mol. The van der Waals surface area contributed by atoms with Crippen LogP contribution < -0.4 is 5.73 Å². The van der Waals surface area contributed by atoms with Gasteiger partial charge < -0.3 is 10.3 Å². The number of hydrogen-bond acceptors (Lipinski definition) is 5. The summed E-state index contributed by atoms with van der Waals surface area (Å²) in [5.41, 5.74) is 6.68. The van der Waals surface area contributed by atoms with Gasteiger partial charge in [-0.25, -0.2) is 12.7 Å². The Morgan fingerprint density at radius 3 is 2.95 bits per heavy atom. The van der Waals surface area contributed by atoms with E-state index < -0.39 is 10.0 Å². The fourth-order valence-electron chi connectivity index (χ4n) is 2.55. The fraction of sp³-hybridized carbons (Fsp3) is 0.462. The Morgan fingerprint density at radius 1 is 1.40 bits per heavy atom. The maximum Gasteiger partial charge on any atom is 0.220 e. The second kappa shape index (κ2) is 5.16. The zero-order valence-electron chi connectivity index (χ0n) is 11.0. The van der Waals surface area contributed by atoms with Gasteiger partial charge in [0, 0.05) is 18.5 Å². The smallest absolute Gasteiger partial charge is 0.220 e. The van der Waals surface area contributed by atoms with Gasteiger partial charge in [0.15, 0.2) is 5.58 Å². The second-order valence-electron chi connectivity index (χ2n) is 5.13. The molecule has 0 amide bonds. The lowest BCUT2D eigenvalue weighted by Crippen LogP contribution is -2.31. The van der Waals surface area contributed by atoms with E-state index in [1.54, 1.807) is 6.07 Å². The summed E-state index contributed by atoms with van der Waals surface area (Å²) in [7, 11) is -3.36. The average Bonchev–Trinajstić information content (AvgIpc) is 3.06. The van der Waals surface area contributed by atoms with Gasteiger partial charge in [0.25, 0.3) is 0 Å². The minimum Gasteiger partial charge on any atom is -0.356 e. The van der Waals surface area contributed by atoms with Crippen molar-refractivity contribution in [2.75, 3.05) is 19.6 Å². The lowest BCUT2D eigenvalue weighted by atomic mass is 10.1. The summed E-state index contributed by atoms with van der Waals surface area (Å²) in [5, 5.41) is 4.64. The Labute approximate surface area is 117 Å². The molecule has 2 N–H and O–H groups in total. The van der Waals surface area contributed by atoms with Crippen LogP contribution in [0.2, 0.25) is 0 Å². The number of fused-ring (bicyclic) bond motifs is 1. The van der Waals surface area contributed by atoms with Crippen LogP contribution in [-0.4, -0.2) is 37.5 Å². The minimum absolute atomic E-state index is 0.124. The molecule has 1 aliphatic rings. The van der Waals surface area contributed by atoms with Crippen LogP contribution in [0.5, 0.6) is 0 Å². The third-order valence-corrected chi connectivity index (χ3v) is 5.50. The number of nitrogens with zero attached hydrogens (tertiary/aromatic N) is 2. The number of para-hydroxylation sites is 1. The number of hydrogen-bond donors (Lipinski definition) is 1. The Morgan fingerprint density at radius 2 is 2.20 bits per heavy atom. The highest BCUT2D eigenvalue weighted by Gasteiger charge is 2.31. The maximum atomic E-state index is 12.4. The molecule has 20 heavy (non-hydrogen) atoms. The van der Waals surface area contributed by atoms with Gasteiger partial charge in [-0.3, -0.25) is 0 Å². The highest BCUT2D eigenvalue weighted by Crippen LogP contribution is 2.24. The van der Waals surface area contributed by atoms with E-state index in [1.165, 1.54) is 4.31 Å². The molecule has 108 valence electrons. The number of nitrogens with two attached hydrogens (primary N) is 1. The third kappa shape index (κ3) is 2.44. The first-order valence-electron chi connectivity index (χ1n) is 6.61. The van der Waals surface area contributed by atoms with E-state index in [0.717, 1.165) is 11.8 Å². The fourth-order valence-corrected chi connectivity index (χ4v) is 4.11. The molecule has 1 saturated heterocycles. The molecule has 0 spiro atoms. The van der Waals surface area contributed by atoms with E-state index in [-0.39, 0.29) is 11.7 Å². The Bertz CT molecular complexity index is 710. The maximum absolute atomic E-state index is 12.4. The van der Waals surface area contributed by atoms with Gasteiger partial charge in [0.2, 0.25) is 10.0 Å². The van der Waals surface area contributed by atoms with E-state index in [1.807, 2.05) is 18.2 Å². The summed E-state index contributed by atoms with van der Waals surface area (Å²) in [6.07, 6.45) is 0.829. The van der Waals surface area contributed by atoms with Crippen molar-refractivity contribution in [1.29, 1.82) is 0 Å². The number of sulfonamides is 1. The molecule has 1 aromatic carbocycles. The largest absolute Gasteiger partial charge is 0.356 e. The normalized spacial score (nSPS) is 20.8. The van der Waals surface area contributed by atoms with Crippen molar-refractivity contribution in [2.45, 2.75) is 12.2 Å². The van der Waals surface area contributed by atoms with Crippen molar-refractivity contribution in [3.63, 3.8) is 0 Å². The molecule has 1 aliphatic heterocycles. The van der Waals surface area contributed by atoms with Gasteiger partial charge in [-0.2, -0.15) is 0 Å². The molecule has 1 atom stereocenters. The molecular formula is C13H17N3O3S. The zero-order chi connectivity index (χ0) is 14.2. The summed E-state index contributed by atoms with van der Waals surface area (Å²) in [4.78, 5) is 0. The van der Waals surface area contributed by atoms with Gasteiger partial charge in [0.05, 0.1) is 0 Å². The van der Waals surface area contributed by atoms with Gasteiger partial charge >= 0.3 is 0 Å². The van der Waals surface area contributed by atoms with Gasteiger partial charge in [0.1, 0.15) is 11.4 Å². The summed E-state index contributed by atoms with van der Waals surface area (Å²) < 4.78 is 31.5. The highest BCUT2D eigenvalue weighted by molar-refractivity contribution is 7.88. The molecule has 1 aromatic heterocycles. The quantitative estimate of drug-likeness (QED) is 0.906. The molecule has 7 heteroatoms. The van der Waals surface area contributed by atoms with Crippen molar-refractivity contribution < 1.29 is 12.9 Å². The summed E-state index contributed by atoms with van der Waals surface area (Å²) in [5.74, 6) is 0.139. The molecule has 0 bridgehead atoms. The van der Waals surface area contributed by atoms with Crippen molar-refractivity contribution in [3.8, 4) is 0 Å². The number of rotatable bonds is 4. The first kappa shape index (κ1) is 13.5. The van der Waals surface area contributed by atoms with Crippen LogP contribution in [0.15, 0.2) is 28.8 Å². The Hall–Kier alpha value is -1.44. The van der Waals surface area contributed by atoms with Crippen molar-refractivity contribution >= 4 is 21.0 Å². The molecule has 0 saturated carbocycles. The lowest BCUT2D eigenvalue weighted by molar-refractivity contribution is 0.440. The standard InChI is InChI=1S/C13H17N3O3S/c14-7-10-5-6-16(8-10)20(17,18)9-12-11-3-1-2-4-13(11)19-15-12/h1-4,10H,5-9,14H2. The Balaban J connectivity index is 1.83. The number of aromatic nitrogens is 1. The van der Waals surface area contributed by atoms with Crippen LogP contribution in [0, 0.1) is 5.92 Å². The molecule has 6 nitrogen and oxygen atoms in total. The molecule has 2 aromatic rings. The SMILES string of the molecule is NCC1CCN(S(=O)(=O)Cc2noc3ccccc23)C1. The van der Waals surface area contributed by atoms with Crippen LogP contribution in [0.4, 0.5) is 0 Å². The van der Waals surface area contributed by atoms with Crippen LogP contribution in [0.25, 0.3) is 11.0 Å². The predicted octanol–water partition coefficient (Wildman–Crippen LogP) is 0.938. The van der Waals surface area contributed by atoms with E-state index >= 15 is 0 Å². The summed E-state index contributed by atoms with van der Waals surface area (Å²) in [6, 6.07) is 7.27. The van der Waals surface area contributed by atoms with Crippen LogP contribution in [0.1, 0.15) is 12.1 Å². The first-order chi connectivity index (χ1) is 9.60. The third-order valence-electron chi connectivity index (χ3n) is 3.75. The van der Waals surface area contributed by atoms with Crippen molar-refractivity contribution in [1.82, 2.24) is 9.46 Å². The molecule has 0 aliphatic carbocycles. The van der Waals surface area contributed by atoms with Crippen LogP contribution in [0.3, 0.4) is 0 Å². The van der Waals surface area contributed by atoms with Gasteiger partial charge in [-0.1, -0.05) is 17.3 Å². The zero-order valence-corrected chi connectivity index (χ0v) is 11.8. The first-order valence-corrected chi connectivity index (χ1v) is 8.22. The van der Waals surface area contributed by atoms with Crippen molar-refractivity contribution in [2.24, 2.45) is 11.7 Å². The minimum atomic E-state index is -3.36. The van der Waals surface area contributed by atoms with E-state index in [4.69, 9.17) is 10.3 Å². The monoisotopic (exact) mass is 295 g/mol. The van der Waals surface area contributed by atoms with Crippen LogP contribution in [-0.2, 0) is 15.8 Å². The molecule has 3 rings (SSSR count).